The van der Waals surface area contributed by atoms with Crippen molar-refractivity contribution in [1.29, 1.82) is 0 Å². The Hall–Kier alpha value is -3.84. The van der Waals surface area contributed by atoms with Crippen LogP contribution in [0.15, 0.2) is 94.6 Å². The molecule has 2 N–H and O–H groups in total. The Morgan fingerprint density at radius 2 is 1.48 bits per heavy atom. The van der Waals surface area contributed by atoms with Crippen LogP contribution >= 0.6 is 11.8 Å². The second-order valence-electron chi connectivity index (χ2n) is 6.61. The predicted octanol–water partition coefficient (Wildman–Crippen LogP) is 5.44. The molecule has 1 amide bonds. The standard InChI is InChI=1S/C24H18N2O4S/c27-20(25-19-13-11-18(12-14-19)23(28)29)15-31-24-26-21(16-7-3-1-4-8-16)22(30-24)17-9-5-2-6-10-17/h1-14H,15H2,(H,25,27)(H,28,29). The molecule has 1 heterocycles. The van der Waals surface area contributed by atoms with Crippen LogP contribution in [0, 0.1) is 0 Å². The first kappa shape index (κ1) is 20.4. The van der Waals surface area contributed by atoms with Crippen LogP contribution in [-0.2, 0) is 4.79 Å². The summed E-state index contributed by atoms with van der Waals surface area (Å²) in [7, 11) is 0. The highest BCUT2D eigenvalue weighted by molar-refractivity contribution is 7.99. The fourth-order valence-electron chi connectivity index (χ4n) is 2.96. The molecule has 6 nitrogen and oxygen atoms in total. The van der Waals surface area contributed by atoms with Gasteiger partial charge in [0.15, 0.2) is 5.76 Å². The molecule has 0 unspecified atom stereocenters. The number of anilines is 1. The van der Waals surface area contributed by atoms with Crippen LogP contribution in [-0.4, -0.2) is 27.7 Å². The normalized spacial score (nSPS) is 10.6. The van der Waals surface area contributed by atoms with Crippen LogP contribution in [0.2, 0.25) is 0 Å². The lowest BCUT2D eigenvalue weighted by molar-refractivity contribution is -0.113. The van der Waals surface area contributed by atoms with Gasteiger partial charge in [0.05, 0.1) is 11.3 Å². The third kappa shape index (κ3) is 5.02. The zero-order chi connectivity index (χ0) is 21.6. The smallest absolute Gasteiger partial charge is 0.335 e. The first-order valence-corrected chi connectivity index (χ1v) is 10.5. The molecule has 0 spiro atoms. The van der Waals surface area contributed by atoms with Gasteiger partial charge in [0, 0.05) is 16.8 Å². The van der Waals surface area contributed by atoms with E-state index in [0.717, 1.165) is 16.8 Å². The van der Waals surface area contributed by atoms with Gasteiger partial charge in [0.2, 0.25) is 5.91 Å². The van der Waals surface area contributed by atoms with E-state index in [9.17, 15) is 9.59 Å². The number of oxazole rings is 1. The Morgan fingerprint density at radius 3 is 2.10 bits per heavy atom. The van der Waals surface area contributed by atoms with Crippen LogP contribution in [0.3, 0.4) is 0 Å². The molecule has 1 aromatic heterocycles. The average Bonchev–Trinajstić information content (AvgIpc) is 3.24. The zero-order valence-electron chi connectivity index (χ0n) is 16.3. The number of hydrogen-bond donors (Lipinski definition) is 2. The number of nitrogens with zero attached hydrogens (tertiary/aromatic N) is 1. The van der Waals surface area contributed by atoms with Crippen molar-refractivity contribution in [2.24, 2.45) is 0 Å². The number of carbonyl (C=O) groups is 2. The largest absolute Gasteiger partial charge is 0.478 e. The molecule has 4 aromatic rings. The van der Waals surface area contributed by atoms with E-state index in [-0.39, 0.29) is 17.2 Å². The Kier molecular flexibility index (Phi) is 6.14. The number of thioether (sulfide) groups is 1. The lowest BCUT2D eigenvalue weighted by atomic mass is 10.1. The van der Waals surface area contributed by atoms with Crippen molar-refractivity contribution >= 4 is 29.3 Å². The number of carboxylic acids is 1. The molecule has 0 saturated carbocycles. The van der Waals surface area contributed by atoms with Crippen molar-refractivity contribution in [1.82, 2.24) is 4.98 Å². The van der Waals surface area contributed by atoms with Crippen molar-refractivity contribution in [2.45, 2.75) is 5.22 Å². The number of aromatic nitrogens is 1. The number of benzene rings is 3. The number of aromatic carboxylic acids is 1. The molecule has 0 saturated heterocycles. The van der Waals surface area contributed by atoms with E-state index < -0.39 is 5.97 Å². The van der Waals surface area contributed by atoms with Crippen molar-refractivity contribution in [3.63, 3.8) is 0 Å². The second kappa shape index (κ2) is 9.32. The Balaban J connectivity index is 1.49. The number of carboxylic acid groups (broad SMARTS) is 1. The van der Waals surface area contributed by atoms with Crippen molar-refractivity contribution < 1.29 is 19.1 Å². The third-order valence-corrected chi connectivity index (χ3v) is 5.26. The van der Waals surface area contributed by atoms with E-state index in [1.807, 2.05) is 60.7 Å². The minimum Gasteiger partial charge on any atom is -0.478 e. The highest BCUT2D eigenvalue weighted by atomic mass is 32.2. The predicted molar refractivity (Wildman–Crippen MR) is 120 cm³/mol. The third-order valence-electron chi connectivity index (χ3n) is 4.43. The molecular formula is C24H18N2O4S. The maximum atomic E-state index is 12.3. The molecule has 4 rings (SSSR count). The van der Waals surface area contributed by atoms with E-state index in [1.165, 1.54) is 23.9 Å². The number of rotatable bonds is 7. The maximum Gasteiger partial charge on any atom is 0.335 e. The van der Waals surface area contributed by atoms with Crippen molar-refractivity contribution in [3.8, 4) is 22.6 Å². The minimum atomic E-state index is -1.01. The van der Waals surface area contributed by atoms with Gasteiger partial charge in [0.1, 0.15) is 5.69 Å². The average molecular weight is 430 g/mol. The summed E-state index contributed by atoms with van der Waals surface area (Å²) >= 11 is 1.20. The highest BCUT2D eigenvalue weighted by Gasteiger charge is 2.18. The van der Waals surface area contributed by atoms with Gasteiger partial charge >= 0.3 is 5.97 Å². The molecule has 0 radical (unpaired) electrons. The summed E-state index contributed by atoms with van der Waals surface area (Å²) in [5.41, 5.74) is 3.24. The first-order chi connectivity index (χ1) is 15.1. The number of carbonyl (C=O) groups excluding carboxylic acids is 1. The summed E-state index contributed by atoms with van der Waals surface area (Å²) < 4.78 is 6.00. The maximum absolute atomic E-state index is 12.3. The van der Waals surface area contributed by atoms with Gasteiger partial charge in [-0.15, -0.1) is 0 Å². The van der Waals surface area contributed by atoms with Crippen LogP contribution in [0.1, 0.15) is 10.4 Å². The first-order valence-electron chi connectivity index (χ1n) is 9.48. The molecule has 0 aliphatic rings. The molecular weight excluding hydrogens is 412 g/mol. The van der Waals surface area contributed by atoms with E-state index in [1.54, 1.807) is 12.1 Å². The Morgan fingerprint density at radius 1 is 0.871 bits per heavy atom. The van der Waals surface area contributed by atoms with Gasteiger partial charge < -0.3 is 14.8 Å². The quantitative estimate of drug-likeness (QED) is 0.380. The van der Waals surface area contributed by atoms with Crippen LogP contribution in [0.4, 0.5) is 5.69 Å². The van der Waals surface area contributed by atoms with Crippen LogP contribution < -0.4 is 5.32 Å². The number of nitrogens with one attached hydrogen (secondary N) is 1. The zero-order valence-corrected chi connectivity index (χ0v) is 17.1. The summed E-state index contributed by atoms with van der Waals surface area (Å²) in [6.07, 6.45) is 0. The van der Waals surface area contributed by atoms with E-state index in [0.29, 0.717) is 16.7 Å². The summed E-state index contributed by atoms with van der Waals surface area (Å²) in [5.74, 6) is -0.502. The Labute approximate surface area is 183 Å². The van der Waals surface area contributed by atoms with E-state index >= 15 is 0 Å². The lowest BCUT2D eigenvalue weighted by Crippen LogP contribution is -2.14. The molecule has 0 atom stereocenters. The van der Waals surface area contributed by atoms with Gasteiger partial charge in [-0.2, -0.15) is 0 Å². The van der Waals surface area contributed by atoms with Gasteiger partial charge in [0.25, 0.3) is 5.22 Å². The fourth-order valence-corrected chi connectivity index (χ4v) is 3.58. The van der Waals surface area contributed by atoms with Gasteiger partial charge in [-0.1, -0.05) is 72.4 Å². The number of hydrogen-bond acceptors (Lipinski definition) is 5. The van der Waals surface area contributed by atoms with Crippen molar-refractivity contribution in [2.75, 3.05) is 11.1 Å². The van der Waals surface area contributed by atoms with E-state index in [2.05, 4.69) is 10.3 Å². The van der Waals surface area contributed by atoms with Gasteiger partial charge in [-0.05, 0) is 24.3 Å². The molecule has 0 bridgehead atoms. The topological polar surface area (TPSA) is 92.4 Å². The molecule has 7 heteroatoms. The second-order valence-corrected chi connectivity index (χ2v) is 7.54. The van der Waals surface area contributed by atoms with Crippen LogP contribution in [0.25, 0.3) is 22.6 Å². The lowest BCUT2D eigenvalue weighted by Gasteiger charge is -2.04. The molecule has 0 aliphatic carbocycles. The molecule has 0 aliphatic heterocycles. The highest BCUT2D eigenvalue weighted by Crippen LogP contribution is 2.35. The summed E-state index contributed by atoms with van der Waals surface area (Å²) in [4.78, 5) is 27.9. The fraction of sp³-hybridized carbons (Fsp3) is 0.0417. The van der Waals surface area contributed by atoms with E-state index in [4.69, 9.17) is 9.52 Å². The SMILES string of the molecule is O=C(CSc1nc(-c2ccccc2)c(-c2ccccc2)o1)Nc1ccc(C(=O)O)cc1. The summed E-state index contributed by atoms with van der Waals surface area (Å²) in [5, 5.41) is 12.1. The number of amides is 1. The summed E-state index contributed by atoms with van der Waals surface area (Å²) in [6.45, 7) is 0. The monoisotopic (exact) mass is 430 g/mol. The van der Waals surface area contributed by atoms with Gasteiger partial charge in [-0.3, -0.25) is 4.79 Å². The molecule has 3 aromatic carbocycles. The summed E-state index contributed by atoms with van der Waals surface area (Å²) in [6, 6.07) is 25.4. The molecule has 154 valence electrons. The van der Waals surface area contributed by atoms with Crippen molar-refractivity contribution in [3.05, 3.63) is 90.5 Å². The molecule has 0 fully saturated rings. The minimum absolute atomic E-state index is 0.101. The molecule has 31 heavy (non-hydrogen) atoms. The Bertz CT molecular complexity index is 1130. The van der Waals surface area contributed by atoms with Gasteiger partial charge in [-0.25, -0.2) is 9.78 Å². The van der Waals surface area contributed by atoms with Crippen LogP contribution in [0.5, 0.6) is 0 Å².